The molecular weight excluding hydrogens is 220 g/mol. The molecule has 0 saturated carbocycles. The summed E-state index contributed by atoms with van der Waals surface area (Å²) in [5.41, 5.74) is 0.878. The van der Waals surface area contributed by atoms with Gasteiger partial charge in [-0.05, 0) is 28.1 Å². The van der Waals surface area contributed by atoms with Crippen molar-refractivity contribution in [3.63, 3.8) is 0 Å². The van der Waals surface area contributed by atoms with Gasteiger partial charge in [0.15, 0.2) is 4.67 Å². The van der Waals surface area contributed by atoms with Gasteiger partial charge in [0.1, 0.15) is 0 Å². The van der Waals surface area contributed by atoms with Crippen molar-refractivity contribution in [3.05, 3.63) is 35.4 Å². The average molecular weight is 225 g/mol. The predicted octanol–water partition coefficient (Wildman–Crippen LogP) is 2.50. The number of halogens is 1. The van der Waals surface area contributed by atoms with Gasteiger partial charge in [-0.1, -0.05) is 0 Å². The largest absolute Gasteiger partial charge is 0.429 e. The average Bonchev–Trinajstić information content (AvgIpc) is 2.54. The first-order chi connectivity index (χ1) is 5.86. The monoisotopic (exact) mass is 224 g/mol. The van der Waals surface area contributed by atoms with E-state index in [1.807, 2.05) is 12.1 Å². The van der Waals surface area contributed by atoms with E-state index in [9.17, 15) is 0 Å². The maximum absolute atomic E-state index is 5.24. The third-order valence-corrected chi connectivity index (χ3v) is 1.75. The summed E-state index contributed by atoms with van der Waals surface area (Å²) in [6, 6.07) is 3.73. The Morgan fingerprint density at radius 1 is 1.33 bits per heavy atom. The standard InChI is InChI=1S/C8H5BrN2O/c9-7-5-11-8(12-7)6-2-1-3-10-4-6/h1-5H. The molecular formula is C8H5BrN2O. The maximum atomic E-state index is 5.24. The molecule has 0 aliphatic rings. The highest BCUT2D eigenvalue weighted by molar-refractivity contribution is 9.10. The number of rotatable bonds is 1. The van der Waals surface area contributed by atoms with E-state index in [1.54, 1.807) is 18.6 Å². The van der Waals surface area contributed by atoms with E-state index in [1.165, 1.54) is 0 Å². The fraction of sp³-hybridized carbons (Fsp3) is 0. The van der Waals surface area contributed by atoms with Crippen LogP contribution in [0.1, 0.15) is 0 Å². The van der Waals surface area contributed by atoms with Crippen LogP contribution < -0.4 is 0 Å². The summed E-state index contributed by atoms with van der Waals surface area (Å²) in [6.45, 7) is 0. The molecule has 0 amide bonds. The lowest BCUT2D eigenvalue weighted by Crippen LogP contribution is -1.76. The minimum absolute atomic E-state index is 0.579. The highest BCUT2D eigenvalue weighted by Gasteiger charge is 2.03. The van der Waals surface area contributed by atoms with Crippen molar-refractivity contribution < 1.29 is 4.42 Å². The van der Waals surface area contributed by atoms with Gasteiger partial charge < -0.3 is 4.42 Å². The molecule has 12 heavy (non-hydrogen) atoms. The summed E-state index contributed by atoms with van der Waals surface area (Å²) >= 11 is 3.18. The van der Waals surface area contributed by atoms with Crippen molar-refractivity contribution in [1.29, 1.82) is 0 Å². The molecule has 0 aliphatic carbocycles. The van der Waals surface area contributed by atoms with E-state index in [-0.39, 0.29) is 0 Å². The highest BCUT2D eigenvalue weighted by Crippen LogP contribution is 2.20. The lowest BCUT2D eigenvalue weighted by atomic mass is 10.3. The van der Waals surface area contributed by atoms with E-state index in [0.717, 1.165) is 5.56 Å². The number of pyridine rings is 1. The smallest absolute Gasteiger partial charge is 0.229 e. The van der Waals surface area contributed by atoms with Gasteiger partial charge in [-0.15, -0.1) is 0 Å². The molecule has 2 heterocycles. The number of nitrogens with zero attached hydrogens (tertiary/aromatic N) is 2. The molecule has 0 unspecified atom stereocenters. The Balaban J connectivity index is 2.45. The van der Waals surface area contributed by atoms with Crippen LogP contribution in [0.3, 0.4) is 0 Å². The minimum atomic E-state index is 0.579. The van der Waals surface area contributed by atoms with Crippen molar-refractivity contribution in [3.8, 4) is 11.5 Å². The van der Waals surface area contributed by atoms with Gasteiger partial charge in [-0.2, -0.15) is 0 Å². The van der Waals surface area contributed by atoms with Crippen molar-refractivity contribution in [1.82, 2.24) is 9.97 Å². The fourth-order valence-corrected chi connectivity index (χ4v) is 1.13. The van der Waals surface area contributed by atoms with Gasteiger partial charge in [0.05, 0.1) is 11.8 Å². The van der Waals surface area contributed by atoms with Gasteiger partial charge in [-0.25, -0.2) is 4.98 Å². The van der Waals surface area contributed by atoms with Gasteiger partial charge in [0.25, 0.3) is 0 Å². The van der Waals surface area contributed by atoms with E-state index in [2.05, 4.69) is 25.9 Å². The van der Waals surface area contributed by atoms with E-state index in [4.69, 9.17) is 4.42 Å². The molecule has 0 aromatic carbocycles. The molecule has 2 aromatic heterocycles. The third kappa shape index (κ3) is 1.38. The zero-order chi connectivity index (χ0) is 8.39. The van der Waals surface area contributed by atoms with E-state index in [0.29, 0.717) is 10.6 Å². The summed E-state index contributed by atoms with van der Waals surface area (Å²) in [7, 11) is 0. The molecule has 0 saturated heterocycles. The molecule has 2 rings (SSSR count). The Bertz CT molecular complexity index is 372. The molecule has 0 N–H and O–H groups in total. The Kier molecular flexibility index (Phi) is 1.91. The number of hydrogen-bond acceptors (Lipinski definition) is 3. The molecule has 0 radical (unpaired) electrons. The second-order valence-electron chi connectivity index (χ2n) is 2.21. The molecule has 2 aromatic rings. The molecule has 0 bridgehead atoms. The first-order valence-electron chi connectivity index (χ1n) is 3.38. The lowest BCUT2D eigenvalue weighted by molar-refractivity contribution is 0.549. The third-order valence-electron chi connectivity index (χ3n) is 1.39. The minimum Gasteiger partial charge on any atom is -0.429 e. The van der Waals surface area contributed by atoms with E-state index < -0.39 is 0 Å². The van der Waals surface area contributed by atoms with Gasteiger partial charge >= 0.3 is 0 Å². The van der Waals surface area contributed by atoms with Crippen LogP contribution in [0.4, 0.5) is 0 Å². The van der Waals surface area contributed by atoms with Crippen molar-refractivity contribution >= 4 is 15.9 Å². The second kappa shape index (κ2) is 3.06. The molecule has 3 nitrogen and oxygen atoms in total. The quantitative estimate of drug-likeness (QED) is 0.748. The Morgan fingerprint density at radius 2 is 2.25 bits per heavy atom. The summed E-state index contributed by atoms with van der Waals surface area (Å²) in [5.74, 6) is 0.579. The zero-order valence-corrected chi connectivity index (χ0v) is 7.65. The summed E-state index contributed by atoms with van der Waals surface area (Å²) < 4.78 is 5.86. The summed E-state index contributed by atoms with van der Waals surface area (Å²) in [5, 5.41) is 0. The van der Waals surface area contributed by atoms with Crippen LogP contribution >= 0.6 is 15.9 Å². The number of aromatic nitrogens is 2. The summed E-state index contributed by atoms with van der Waals surface area (Å²) in [6.07, 6.45) is 5.03. The topological polar surface area (TPSA) is 38.9 Å². The molecule has 0 spiro atoms. The van der Waals surface area contributed by atoms with Crippen molar-refractivity contribution in [2.45, 2.75) is 0 Å². The summed E-state index contributed by atoms with van der Waals surface area (Å²) in [4.78, 5) is 7.99. The number of oxazole rings is 1. The number of hydrogen-bond donors (Lipinski definition) is 0. The first-order valence-corrected chi connectivity index (χ1v) is 4.17. The van der Waals surface area contributed by atoms with Crippen LogP contribution in [0.25, 0.3) is 11.5 Å². The predicted molar refractivity (Wildman–Crippen MR) is 47.4 cm³/mol. The van der Waals surface area contributed by atoms with Gasteiger partial charge in [0.2, 0.25) is 5.89 Å². The zero-order valence-electron chi connectivity index (χ0n) is 6.07. The molecule has 0 atom stereocenters. The second-order valence-corrected chi connectivity index (χ2v) is 2.99. The highest BCUT2D eigenvalue weighted by atomic mass is 79.9. The maximum Gasteiger partial charge on any atom is 0.229 e. The SMILES string of the molecule is Brc1cnc(-c2cccnc2)o1. The molecule has 60 valence electrons. The van der Waals surface area contributed by atoms with Crippen LogP contribution in [0.5, 0.6) is 0 Å². The van der Waals surface area contributed by atoms with Gasteiger partial charge in [0, 0.05) is 12.4 Å². The fourth-order valence-electron chi connectivity index (χ4n) is 0.877. The molecule has 4 heteroatoms. The molecule has 0 fully saturated rings. The Morgan fingerprint density at radius 3 is 2.83 bits per heavy atom. The van der Waals surface area contributed by atoms with Crippen LogP contribution in [0.15, 0.2) is 39.8 Å². The van der Waals surface area contributed by atoms with Gasteiger partial charge in [-0.3, -0.25) is 4.98 Å². The van der Waals surface area contributed by atoms with Crippen LogP contribution in [-0.4, -0.2) is 9.97 Å². The Labute approximate surface area is 77.6 Å². The van der Waals surface area contributed by atoms with E-state index >= 15 is 0 Å². The first kappa shape index (κ1) is 7.49. The van der Waals surface area contributed by atoms with Crippen molar-refractivity contribution in [2.75, 3.05) is 0 Å². The lowest BCUT2D eigenvalue weighted by Gasteiger charge is -1.90. The Hall–Kier alpha value is -1.16. The van der Waals surface area contributed by atoms with Crippen molar-refractivity contribution in [2.24, 2.45) is 0 Å². The normalized spacial score (nSPS) is 10.1. The van der Waals surface area contributed by atoms with Crippen LogP contribution in [0.2, 0.25) is 0 Å². The van der Waals surface area contributed by atoms with Crippen LogP contribution in [-0.2, 0) is 0 Å². The van der Waals surface area contributed by atoms with Crippen LogP contribution in [0, 0.1) is 0 Å². The molecule has 0 aliphatic heterocycles.